The third kappa shape index (κ3) is 3.90. The Balaban J connectivity index is 1.57. The van der Waals surface area contributed by atoms with Crippen molar-refractivity contribution < 1.29 is 18.7 Å². The Labute approximate surface area is 191 Å². The van der Waals surface area contributed by atoms with Gasteiger partial charge in [-0.1, -0.05) is 54.6 Å². The van der Waals surface area contributed by atoms with Crippen LogP contribution in [0.5, 0.6) is 5.75 Å². The average molecular weight is 441 g/mol. The summed E-state index contributed by atoms with van der Waals surface area (Å²) in [6, 6.07) is 23.8. The number of ether oxygens (including phenoxy) is 2. The number of carbonyl (C=O) groups is 1. The third-order valence-corrected chi connectivity index (χ3v) is 5.83. The molecule has 1 unspecified atom stereocenters. The summed E-state index contributed by atoms with van der Waals surface area (Å²) in [5.41, 5.74) is 2.40. The molecule has 5 rings (SSSR count). The standard InChI is InChI=1S/C27H23NO5/c1-31-15-14-28-24(19-10-7-11-20(16-19)32-17-18-8-3-2-4-9-18)23-25(29)21-12-5-6-13-22(21)33-26(23)27(28)30/h2-13,16,24H,14-15,17H2,1H3. The van der Waals surface area contributed by atoms with Crippen molar-refractivity contribution in [2.45, 2.75) is 12.6 Å². The highest BCUT2D eigenvalue weighted by Crippen LogP contribution is 2.38. The van der Waals surface area contributed by atoms with Gasteiger partial charge in [0.05, 0.1) is 23.6 Å². The van der Waals surface area contributed by atoms with Crippen LogP contribution < -0.4 is 10.2 Å². The van der Waals surface area contributed by atoms with Gasteiger partial charge in [-0.05, 0) is 35.4 Å². The summed E-state index contributed by atoms with van der Waals surface area (Å²) in [7, 11) is 1.58. The molecular formula is C27H23NO5. The fourth-order valence-corrected chi connectivity index (χ4v) is 4.25. The van der Waals surface area contributed by atoms with Crippen LogP contribution in [0.3, 0.4) is 0 Å². The van der Waals surface area contributed by atoms with Gasteiger partial charge in [0.2, 0.25) is 5.76 Å². The number of carbonyl (C=O) groups excluding carboxylic acids is 1. The monoisotopic (exact) mass is 441 g/mol. The highest BCUT2D eigenvalue weighted by atomic mass is 16.5. The summed E-state index contributed by atoms with van der Waals surface area (Å²) in [6.07, 6.45) is 0. The van der Waals surface area contributed by atoms with Crippen molar-refractivity contribution in [3.63, 3.8) is 0 Å². The van der Waals surface area contributed by atoms with Crippen LogP contribution in [-0.2, 0) is 11.3 Å². The minimum Gasteiger partial charge on any atom is -0.489 e. The summed E-state index contributed by atoms with van der Waals surface area (Å²) in [5.74, 6) is 0.440. The summed E-state index contributed by atoms with van der Waals surface area (Å²) in [4.78, 5) is 28.4. The first-order chi connectivity index (χ1) is 16.2. The van der Waals surface area contributed by atoms with Gasteiger partial charge in [0.25, 0.3) is 5.91 Å². The molecule has 0 bridgehead atoms. The van der Waals surface area contributed by atoms with Crippen LogP contribution in [0.4, 0.5) is 0 Å². The van der Waals surface area contributed by atoms with E-state index in [2.05, 4.69) is 0 Å². The lowest BCUT2D eigenvalue weighted by atomic mass is 9.98. The molecule has 1 amide bonds. The van der Waals surface area contributed by atoms with Crippen LogP contribution >= 0.6 is 0 Å². The Morgan fingerprint density at radius 3 is 2.55 bits per heavy atom. The van der Waals surface area contributed by atoms with Crippen LogP contribution in [0.15, 0.2) is 88.1 Å². The highest BCUT2D eigenvalue weighted by Gasteiger charge is 2.42. The lowest BCUT2D eigenvalue weighted by molar-refractivity contribution is 0.0663. The molecule has 0 aliphatic carbocycles. The molecule has 0 N–H and O–H groups in total. The van der Waals surface area contributed by atoms with Gasteiger partial charge in [-0.25, -0.2) is 0 Å². The van der Waals surface area contributed by atoms with Crippen molar-refractivity contribution in [2.24, 2.45) is 0 Å². The molecule has 1 atom stereocenters. The summed E-state index contributed by atoms with van der Waals surface area (Å²) < 4.78 is 17.2. The van der Waals surface area contributed by atoms with E-state index in [9.17, 15) is 9.59 Å². The van der Waals surface area contributed by atoms with E-state index in [4.69, 9.17) is 13.9 Å². The minimum absolute atomic E-state index is 0.0930. The number of methoxy groups -OCH3 is 1. The van der Waals surface area contributed by atoms with Gasteiger partial charge in [0.1, 0.15) is 17.9 Å². The summed E-state index contributed by atoms with van der Waals surface area (Å²) in [5, 5.41) is 0.458. The molecule has 0 saturated carbocycles. The molecule has 2 heterocycles. The van der Waals surface area contributed by atoms with Crippen molar-refractivity contribution >= 4 is 16.9 Å². The Morgan fingerprint density at radius 1 is 0.939 bits per heavy atom. The second kappa shape index (κ2) is 8.92. The summed E-state index contributed by atoms with van der Waals surface area (Å²) in [6.45, 7) is 1.09. The normalized spacial score (nSPS) is 15.1. The number of amides is 1. The number of fused-ring (bicyclic) bond motifs is 2. The molecule has 6 nitrogen and oxygen atoms in total. The molecule has 1 aliphatic heterocycles. The predicted molar refractivity (Wildman–Crippen MR) is 124 cm³/mol. The number of nitrogens with zero attached hydrogens (tertiary/aromatic N) is 1. The van der Waals surface area contributed by atoms with Gasteiger partial charge in [-0.2, -0.15) is 0 Å². The number of hydrogen-bond acceptors (Lipinski definition) is 5. The van der Waals surface area contributed by atoms with Gasteiger partial charge >= 0.3 is 0 Å². The topological polar surface area (TPSA) is 69.0 Å². The lowest BCUT2D eigenvalue weighted by Crippen LogP contribution is -2.32. The van der Waals surface area contributed by atoms with Crippen LogP contribution in [0.25, 0.3) is 11.0 Å². The maximum absolute atomic E-state index is 13.5. The molecule has 0 fully saturated rings. The minimum atomic E-state index is -0.580. The van der Waals surface area contributed by atoms with Crippen molar-refractivity contribution in [2.75, 3.05) is 20.3 Å². The van der Waals surface area contributed by atoms with Gasteiger partial charge in [-0.15, -0.1) is 0 Å². The fraction of sp³-hybridized carbons (Fsp3) is 0.185. The zero-order chi connectivity index (χ0) is 22.8. The second-order valence-electron chi connectivity index (χ2n) is 7.91. The molecule has 166 valence electrons. The molecule has 1 aromatic heterocycles. The zero-order valence-corrected chi connectivity index (χ0v) is 18.2. The Hall–Kier alpha value is -3.90. The van der Waals surface area contributed by atoms with E-state index in [0.29, 0.717) is 42.0 Å². The van der Waals surface area contributed by atoms with E-state index in [1.54, 1.807) is 36.3 Å². The molecule has 4 aromatic rings. The smallest absolute Gasteiger partial charge is 0.290 e. The number of para-hydroxylation sites is 1. The lowest BCUT2D eigenvalue weighted by Gasteiger charge is -2.25. The number of rotatable bonds is 7. The first-order valence-electron chi connectivity index (χ1n) is 10.8. The van der Waals surface area contributed by atoms with Crippen LogP contribution in [0.2, 0.25) is 0 Å². The van der Waals surface area contributed by atoms with Gasteiger partial charge in [-0.3, -0.25) is 9.59 Å². The van der Waals surface area contributed by atoms with Crippen LogP contribution in [0.1, 0.15) is 33.3 Å². The van der Waals surface area contributed by atoms with Crippen LogP contribution in [-0.4, -0.2) is 31.1 Å². The maximum atomic E-state index is 13.5. The highest BCUT2D eigenvalue weighted by molar-refractivity contribution is 5.99. The Kier molecular flexibility index (Phi) is 5.67. The molecule has 6 heteroatoms. The molecule has 0 radical (unpaired) electrons. The van der Waals surface area contributed by atoms with Crippen molar-refractivity contribution in [3.05, 3.63) is 112 Å². The molecule has 3 aromatic carbocycles. The van der Waals surface area contributed by atoms with E-state index in [-0.39, 0.29) is 17.1 Å². The maximum Gasteiger partial charge on any atom is 0.290 e. The molecule has 1 aliphatic rings. The zero-order valence-electron chi connectivity index (χ0n) is 18.2. The molecule has 0 spiro atoms. The van der Waals surface area contributed by atoms with E-state index in [1.807, 2.05) is 54.6 Å². The van der Waals surface area contributed by atoms with Gasteiger partial charge in [0, 0.05) is 13.7 Å². The summed E-state index contributed by atoms with van der Waals surface area (Å²) >= 11 is 0. The first kappa shape index (κ1) is 21.0. The molecular weight excluding hydrogens is 418 g/mol. The van der Waals surface area contributed by atoms with Crippen molar-refractivity contribution in [1.82, 2.24) is 4.90 Å². The molecule has 33 heavy (non-hydrogen) atoms. The number of hydrogen-bond donors (Lipinski definition) is 0. The van der Waals surface area contributed by atoms with Crippen molar-refractivity contribution in [1.29, 1.82) is 0 Å². The van der Waals surface area contributed by atoms with E-state index >= 15 is 0 Å². The third-order valence-electron chi connectivity index (χ3n) is 5.83. The second-order valence-corrected chi connectivity index (χ2v) is 7.91. The van der Waals surface area contributed by atoms with E-state index < -0.39 is 6.04 Å². The SMILES string of the molecule is COCCN1C(=O)c2oc3ccccc3c(=O)c2C1c1cccc(OCc2ccccc2)c1. The van der Waals surface area contributed by atoms with E-state index in [0.717, 1.165) is 11.1 Å². The van der Waals surface area contributed by atoms with Crippen molar-refractivity contribution in [3.8, 4) is 5.75 Å². The number of benzene rings is 3. The largest absolute Gasteiger partial charge is 0.489 e. The van der Waals surface area contributed by atoms with E-state index in [1.165, 1.54) is 0 Å². The Morgan fingerprint density at radius 2 is 1.73 bits per heavy atom. The quantitative estimate of drug-likeness (QED) is 0.420. The average Bonchev–Trinajstić information content (AvgIpc) is 3.14. The fourth-order valence-electron chi connectivity index (χ4n) is 4.25. The predicted octanol–water partition coefficient (Wildman–Crippen LogP) is 4.56. The first-order valence-corrected chi connectivity index (χ1v) is 10.8. The van der Waals surface area contributed by atoms with Crippen LogP contribution in [0, 0.1) is 0 Å². The van der Waals surface area contributed by atoms with Gasteiger partial charge in [0.15, 0.2) is 5.43 Å². The molecule has 0 saturated heterocycles. The Bertz CT molecular complexity index is 1360. The van der Waals surface area contributed by atoms with Gasteiger partial charge < -0.3 is 18.8 Å².